The summed E-state index contributed by atoms with van der Waals surface area (Å²) in [6.07, 6.45) is 0. The summed E-state index contributed by atoms with van der Waals surface area (Å²) in [5, 5.41) is 3.31. The molecule has 2 heteroatoms. The number of rotatable bonds is 3. The molecule has 0 unspecified atom stereocenters. The third-order valence-electron chi connectivity index (χ3n) is 2.71. The zero-order valence-corrected chi connectivity index (χ0v) is 10.1. The Balaban J connectivity index is 2.26. The number of anilines is 2. The van der Waals surface area contributed by atoms with Gasteiger partial charge in [0.25, 0.3) is 0 Å². The number of nitrogens with one attached hydrogen (secondary N) is 1. The molecule has 0 aromatic heterocycles. The molecule has 0 heterocycles. The summed E-state index contributed by atoms with van der Waals surface area (Å²) in [6, 6.07) is 14.6. The van der Waals surface area contributed by atoms with Gasteiger partial charge in [0, 0.05) is 11.4 Å². The lowest BCUT2D eigenvalue weighted by atomic mass is 10.0. The molecule has 1 N–H and O–H groups in total. The first kappa shape index (κ1) is 11.6. The number of hydrogen-bond acceptors (Lipinski definition) is 1. The molecule has 0 radical (unpaired) electrons. The molecule has 2 rings (SSSR count). The van der Waals surface area contributed by atoms with Gasteiger partial charge >= 0.3 is 0 Å². The highest BCUT2D eigenvalue weighted by Crippen LogP contribution is 2.26. The summed E-state index contributed by atoms with van der Waals surface area (Å²) in [7, 11) is 0. The summed E-state index contributed by atoms with van der Waals surface area (Å²) in [4.78, 5) is 0. The molecule has 0 atom stereocenters. The van der Waals surface area contributed by atoms with Crippen molar-refractivity contribution in [2.45, 2.75) is 19.8 Å². The van der Waals surface area contributed by atoms with Crippen LogP contribution in [0.15, 0.2) is 48.5 Å². The van der Waals surface area contributed by atoms with Crippen LogP contribution in [-0.2, 0) is 0 Å². The third-order valence-corrected chi connectivity index (χ3v) is 2.71. The Bertz CT molecular complexity index is 489. The van der Waals surface area contributed by atoms with Gasteiger partial charge in [0.1, 0.15) is 5.82 Å². The fourth-order valence-corrected chi connectivity index (χ4v) is 1.80. The number of halogens is 1. The molecule has 0 spiro atoms. The Morgan fingerprint density at radius 1 is 0.941 bits per heavy atom. The van der Waals surface area contributed by atoms with E-state index >= 15 is 0 Å². The lowest BCUT2D eigenvalue weighted by Crippen LogP contribution is -1.97. The van der Waals surface area contributed by atoms with E-state index in [1.165, 1.54) is 17.7 Å². The van der Waals surface area contributed by atoms with Gasteiger partial charge in [0.15, 0.2) is 0 Å². The van der Waals surface area contributed by atoms with Gasteiger partial charge in [-0.15, -0.1) is 0 Å². The zero-order chi connectivity index (χ0) is 12.3. The Morgan fingerprint density at radius 3 is 2.24 bits per heavy atom. The van der Waals surface area contributed by atoms with Crippen LogP contribution in [0.1, 0.15) is 25.3 Å². The van der Waals surface area contributed by atoms with Crippen molar-refractivity contribution in [1.29, 1.82) is 0 Å². The van der Waals surface area contributed by atoms with E-state index in [1.807, 2.05) is 18.2 Å². The standard InChI is InChI=1S/C15H16FN/c1-11(2)14-5-3-4-6-15(14)17-13-9-7-12(16)8-10-13/h3-11,17H,1-2H3. The monoisotopic (exact) mass is 229 g/mol. The van der Waals surface area contributed by atoms with E-state index in [4.69, 9.17) is 0 Å². The Morgan fingerprint density at radius 2 is 1.59 bits per heavy atom. The lowest BCUT2D eigenvalue weighted by Gasteiger charge is -2.14. The summed E-state index contributed by atoms with van der Waals surface area (Å²) in [6.45, 7) is 4.32. The molecular weight excluding hydrogens is 213 g/mol. The first-order valence-corrected chi connectivity index (χ1v) is 5.78. The third kappa shape index (κ3) is 2.84. The van der Waals surface area contributed by atoms with Gasteiger partial charge in [-0.05, 0) is 41.8 Å². The quantitative estimate of drug-likeness (QED) is 0.804. The van der Waals surface area contributed by atoms with E-state index in [1.54, 1.807) is 12.1 Å². The minimum Gasteiger partial charge on any atom is -0.355 e. The Hall–Kier alpha value is -1.83. The highest BCUT2D eigenvalue weighted by molar-refractivity contribution is 5.63. The molecule has 88 valence electrons. The van der Waals surface area contributed by atoms with Crippen LogP contribution < -0.4 is 5.32 Å². The van der Waals surface area contributed by atoms with Crippen molar-refractivity contribution in [3.63, 3.8) is 0 Å². The molecule has 0 bridgehead atoms. The second kappa shape index (κ2) is 5.00. The molecule has 1 nitrogen and oxygen atoms in total. The van der Waals surface area contributed by atoms with Crippen LogP contribution in [0.25, 0.3) is 0 Å². The van der Waals surface area contributed by atoms with E-state index < -0.39 is 0 Å². The van der Waals surface area contributed by atoms with E-state index in [0.717, 1.165) is 11.4 Å². The van der Waals surface area contributed by atoms with Crippen molar-refractivity contribution >= 4 is 11.4 Å². The van der Waals surface area contributed by atoms with Crippen LogP contribution in [-0.4, -0.2) is 0 Å². The van der Waals surface area contributed by atoms with Crippen molar-refractivity contribution in [3.8, 4) is 0 Å². The maximum Gasteiger partial charge on any atom is 0.123 e. The number of para-hydroxylation sites is 1. The van der Waals surface area contributed by atoms with Crippen LogP contribution in [0, 0.1) is 5.82 Å². The number of hydrogen-bond donors (Lipinski definition) is 1. The average molecular weight is 229 g/mol. The summed E-state index contributed by atoms with van der Waals surface area (Å²) in [5.74, 6) is 0.242. The van der Waals surface area contributed by atoms with Gasteiger partial charge in [0.05, 0.1) is 0 Å². The maximum atomic E-state index is 12.8. The highest BCUT2D eigenvalue weighted by Gasteiger charge is 2.05. The van der Waals surface area contributed by atoms with Crippen molar-refractivity contribution in [2.24, 2.45) is 0 Å². The molecule has 0 aliphatic heterocycles. The van der Waals surface area contributed by atoms with Gasteiger partial charge in [-0.2, -0.15) is 0 Å². The molecular formula is C15H16FN. The Labute approximate surface area is 101 Å². The largest absolute Gasteiger partial charge is 0.355 e. The Kier molecular flexibility index (Phi) is 3.43. The van der Waals surface area contributed by atoms with Gasteiger partial charge in [-0.3, -0.25) is 0 Å². The molecule has 2 aromatic carbocycles. The van der Waals surface area contributed by atoms with Gasteiger partial charge < -0.3 is 5.32 Å². The van der Waals surface area contributed by atoms with E-state index in [2.05, 4.69) is 25.2 Å². The topological polar surface area (TPSA) is 12.0 Å². The van der Waals surface area contributed by atoms with Crippen LogP contribution in [0.3, 0.4) is 0 Å². The molecule has 0 saturated heterocycles. The fourth-order valence-electron chi connectivity index (χ4n) is 1.80. The van der Waals surface area contributed by atoms with Crippen molar-refractivity contribution in [1.82, 2.24) is 0 Å². The summed E-state index contributed by atoms with van der Waals surface area (Å²) < 4.78 is 12.8. The lowest BCUT2D eigenvalue weighted by molar-refractivity contribution is 0.628. The van der Waals surface area contributed by atoms with Crippen LogP contribution >= 0.6 is 0 Å². The van der Waals surface area contributed by atoms with E-state index in [0.29, 0.717) is 5.92 Å². The van der Waals surface area contributed by atoms with Crippen LogP contribution in [0.4, 0.5) is 15.8 Å². The highest BCUT2D eigenvalue weighted by atomic mass is 19.1. The SMILES string of the molecule is CC(C)c1ccccc1Nc1ccc(F)cc1. The van der Waals surface area contributed by atoms with E-state index in [-0.39, 0.29) is 5.82 Å². The first-order chi connectivity index (χ1) is 8.16. The predicted octanol–water partition coefficient (Wildman–Crippen LogP) is 4.69. The normalized spacial score (nSPS) is 10.6. The molecule has 2 aromatic rings. The molecule has 0 fully saturated rings. The zero-order valence-electron chi connectivity index (χ0n) is 10.1. The smallest absolute Gasteiger partial charge is 0.123 e. The van der Waals surface area contributed by atoms with Crippen LogP contribution in [0.5, 0.6) is 0 Å². The fraction of sp³-hybridized carbons (Fsp3) is 0.200. The first-order valence-electron chi connectivity index (χ1n) is 5.78. The van der Waals surface area contributed by atoms with Crippen molar-refractivity contribution < 1.29 is 4.39 Å². The summed E-state index contributed by atoms with van der Waals surface area (Å²) >= 11 is 0. The van der Waals surface area contributed by atoms with E-state index in [9.17, 15) is 4.39 Å². The number of benzene rings is 2. The minimum absolute atomic E-state index is 0.215. The second-order valence-corrected chi connectivity index (χ2v) is 4.37. The van der Waals surface area contributed by atoms with Gasteiger partial charge in [-0.1, -0.05) is 32.0 Å². The van der Waals surface area contributed by atoms with Crippen LogP contribution in [0.2, 0.25) is 0 Å². The van der Waals surface area contributed by atoms with Crippen molar-refractivity contribution in [2.75, 3.05) is 5.32 Å². The van der Waals surface area contributed by atoms with Gasteiger partial charge in [-0.25, -0.2) is 4.39 Å². The molecule has 17 heavy (non-hydrogen) atoms. The molecule has 0 aliphatic carbocycles. The summed E-state index contributed by atoms with van der Waals surface area (Å²) in [5.41, 5.74) is 3.24. The molecule has 0 saturated carbocycles. The minimum atomic E-state index is -0.215. The second-order valence-electron chi connectivity index (χ2n) is 4.37. The average Bonchev–Trinajstić information content (AvgIpc) is 2.32. The van der Waals surface area contributed by atoms with Gasteiger partial charge in [0.2, 0.25) is 0 Å². The predicted molar refractivity (Wildman–Crippen MR) is 70.2 cm³/mol. The molecule has 0 aliphatic rings. The van der Waals surface area contributed by atoms with Crippen molar-refractivity contribution in [3.05, 3.63) is 59.9 Å². The maximum absolute atomic E-state index is 12.8. The molecule has 0 amide bonds.